The van der Waals surface area contributed by atoms with Crippen molar-refractivity contribution in [2.75, 3.05) is 37.1 Å². The highest BCUT2D eigenvalue weighted by Crippen LogP contribution is 2.34. The Morgan fingerprint density at radius 1 is 1.35 bits per heavy atom. The largest absolute Gasteiger partial charge is 0.378 e. The standard InChI is InChI=1S/C24H27F2N5O3/c1-13(15-5-4-6-16(7-15)24(25,26)12-33-3)27-22-19-9-20(31-10-18-8-17(31)11-34-18)23(32)28-21(19)14(2)29-30-22/h4-7,9,13,17-18H,8,10-12H2,1-3H3,(H,27,30)(H,28,32)/t13-,17?,18?/m1/s1. The zero-order valence-corrected chi connectivity index (χ0v) is 19.3. The van der Waals surface area contributed by atoms with Gasteiger partial charge in [0.2, 0.25) is 0 Å². The summed E-state index contributed by atoms with van der Waals surface area (Å²) in [7, 11) is 1.25. The summed E-state index contributed by atoms with van der Waals surface area (Å²) in [5.41, 5.74) is 2.15. The molecule has 2 aliphatic heterocycles. The van der Waals surface area contributed by atoms with E-state index in [1.54, 1.807) is 19.1 Å². The number of aromatic nitrogens is 3. The lowest BCUT2D eigenvalue weighted by atomic mass is 10.0. The number of methoxy groups -OCH3 is 1. The minimum absolute atomic E-state index is 0.113. The summed E-state index contributed by atoms with van der Waals surface area (Å²) in [6, 6.07) is 7.93. The van der Waals surface area contributed by atoms with Crippen molar-refractivity contribution in [3.05, 3.63) is 57.5 Å². The highest BCUT2D eigenvalue weighted by atomic mass is 19.3. The fourth-order valence-electron chi connectivity index (χ4n) is 4.82. The van der Waals surface area contributed by atoms with E-state index in [2.05, 4.69) is 30.1 Å². The second-order valence-electron chi connectivity index (χ2n) is 9.03. The number of alkyl halides is 2. The number of aromatic amines is 1. The van der Waals surface area contributed by atoms with Crippen LogP contribution < -0.4 is 15.8 Å². The first kappa shape index (κ1) is 22.7. The Balaban J connectivity index is 1.49. The van der Waals surface area contributed by atoms with E-state index >= 15 is 0 Å². The van der Waals surface area contributed by atoms with E-state index in [1.165, 1.54) is 19.2 Å². The van der Waals surface area contributed by atoms with E-state index in [4.69, 9.17) is 4.74 Å². The zero-order valence-electron chi connectivity index (χ0n) is 19.3. The fourth-order valence-corrected chi connectivity index (χ4v) is 4.82. The van der Waals surface area contributed by atoms with Crippen molar-refractivity contribution < 1.29 is 18.3 Å². The molecule has 4 heterocycles. The van der Waals surface area contributed by atoms with Crippen LogP contribution in [0.15, 0.2) is 35.1 Å². The fraction of sp³-hybridized carbons (Fsp3) is 0.458. The molecule has 2 fully saturated rings. The Hall–Kier alpha value is -3.11. The van der Waals surface area contributed by atoms with Gasteiger partial charge in [-0.15, -0.1) is 5.10 Å². The molecule has 0 spiro atoms. The van der Waals surface area contributed by atoms with Gasteiger partial charge in [0.1, 0.15) is 12.3 Å². The molecule has 2 aliphatic rings. The van der Waals surface area contributed by atoms with Crippen LogP contribution in [-0.4, -0.2) is 54.2 Å². The molecule has 2 saturated heterocycles. The van der Waals surface area contributed by atoms with Crippen molar-refractivity contribution in [3.8, 4) is 0 Å². The number of H-pyrrole nitrogens is 1. The Morgan fingerprint density at radius 3 is 2.88 bits per heavy atom. The molecule has 2 bridgehead atoms. The number of nitrogens with one attached hydrogen (secondary N) is 2. The van der Waals surface area contributed by atoms with Crippen LogP contribution >= 0.6 is 0 Å². The second-order valence-corrected chi connectivity index (χ2v) is 9.03. The number of anilines is 2. The van der Waals surface area contributed by atoms with Crippen LogP contribution in [-0.2, 0) is 15.4 Å². The summed E-state index contributed by atoms with van der Waals surface area (Å²) in [6.45, 7) is 4.25. The van der Waals surface area contributed by atoms with Gasteiger partial charge in [-0.05, 0) is 38.0 Å². The highest BCUT2D eigenvalue weighted by Gasteiger charge is 2.40. The number of benzene rings is 1. The molecular formula is C24H27F2N5O3. The quantitative estimate of drug-likeness (QED) is 0.545. The first-order valence-electron chi connectivity index (χ1n) is 11.3. The van der Waals surface area contributed by atoms with Crippen molar-refractivity contribution in [1.29, 1.82) is 0 Å². The van der Waals surface area contributed by atoms with Crippen LogP contribution in [0.1, 0.15) is 36.2 Å². The van der Waals surface area contributed by atoms with Crippen LogP contribution in [0.5, 0.6) is 0 Å². The van der Waals surface area contributed by atoms with E-state index in [-0.39, 0.29) is 29.3 Å². The van der Waals surface area contributed by atoms with Crippen molar-refractivity contribution in [1.82, 2.24) is 15.2 Å². The minimum atomic E-state index is -3.09. The molecule has 10 heteroatoms. The van der Waals surface area contributed by atoms with Crippen LogP contribution in [0.3, 0.4) is 0 Å². The highest BCUT2D eigenvalue weighted by molar-refractivity contribution is 5.92. The van der Waals surface area contributed by atoms with E-state index in [0.717, 1.165) is 11.8 Å². The molecule has 2 N–H and O–H groups in total. The van der Waals surface area contributed by atoms with Gasteiger partial charge in [0.05, 0.1) is 36.0 Å². The second kappa shape index (κ2) is 8.59. The number of fused-ring (bicyclic) bond motifs is 3. The molecule has 1 aromatic carbocycles. The third-order valence-electron chi connectivity index (χ3n) is 6.64. The summed E-state index contributed by atoms with van der Waals surface area (Å²) in [5.74, 6) is -2.62. The molecule has 2 unspecified atom stereocenters. The molecule has 0 radical (unpaired) electrons. The van der Waals surface area contributed by atoms with E-state index < -0.39 is 12.5 Å². The first-order valence-corrected chi connectivity index (χ1v) is 11.3. The number of rotatable bonds is 7. The maximum absolute atomic E-state index is 14.4. The van der Waals surface area contributed by atoms with E-state index in [1.807, 2.05) is 13.0 Å². The molecule has 8 nitrogen and oxygen atoms in total. The number of pyridine rings is 1. The van der Waals surface area contributed by atoms with Gasteiger partial charge in [-0.3, -0.25) is 4.79 Å². The topological polar surface area (TPSA) is 92.4 Å². The Labute approximate surface area is 195 Å². The summed E-state index contributed by atoms with van der Waals surface area (Å²) in [5, 5.41) is 12.5. The number of hydrogen-bond acceptors (Lipinski definition) is 7. The molecule has 3 aromatic rings. The molecule has 34 heavy (non-hydrogen) atoms. The lowest BCUT2D eigenvalue weighted by Gasteiger charge is -2.28. The number of hydrogen-bond donors (Lipinski definition) is 2. The van der Waals surface area contributed by atoms with Gasteiger partial charge in [-0.2, -0.15) is 13.9 Å². The van der Waals surface area contributed by atoms with Gasteiger partial charge < -0.3 is 24.7 Å². The van der Waals surface area contributed by atoms with Gasteiger partial charge in [-0.25, -0.2) is 0 Å². The van der Waals surface area contributed by atoms with Gasteiger partial charge >= 0.3 is 0 Å². The van der Waals surface area contributed by atoms with Crippen LogP contribution in [0.4, 0.5) is 20.3 Å². The first-order chi connectivity index (χ1) is 16.3. The predicted octanol–water partition coefficient (Wildman–Crippen LogP) is 3.52. The Kier molecular flexibility index (Phi) is 5.73. The van der Waals surface area contributed by atoms with Crippen molar-refractivity contribution >= 4 is 22.4 Å². The molecule has 0 aliphatic carbocycles. The zero-order chi connectivity index (χ0) is 24.0. The Bertz CT molecular complexity index is 1280. The lowest BCUT2D eigenvalue weighted by Crippen LogP contribution is -2.39. The van der Waals surface area contributed by atoms with Crippen LogP contribution in [0.2, 0.25) is 0 Å². The number of halogens is 2. The molecule has 180 valence electrons. The van der Waals surface area contributed by atoms with Gasteiger partial charge in [-0.1, -0.05) is 18.2 Å². The maximum atomic E-state index is 14.4. The maximum Gasteiger partial charge on any atom is 0.296 e. The summed E-state index contributed by atoms with van der Waals surface area (Å²) >= 11 is 0. The molecule has 3 atom stereocenters. The molecule has 0 saturated carbocycles. The van der Waals surface area contributed by atoms with E-state index in [0.29, 0.717) is 41.4 Å². The SMILES string of the molecule is COCC(F)(F)c1cccc([C@@H](C)Nc2nnc(C)c3[nH]c(=O)c(N4CC5CC4CO5)cc23)c1. The Morgan fingerprint density at radius 2 is 2.18 bits per heavy atom. The lowest BCUT2D eigenvalue weighted by molar-refractivity contribution is -0.0698. The monoisotopic (exact) mass is 471 g/mol. The van der Waals surface area contributed by atoms with Crippen LogP contribution in [0.25, 0.3) is 10.9 Å². The van der Waals surface area contributed by atoms with E-state index in [9.17, 15) is 13.6 Å². The van der Waals surface area contributed by atoms with Gasteiger partial charge in [0, 0.05) is 24.6 Å². The summed E-state index contributed by atoms with van der Waals surface area (Å²) in [6.07, 6.45) is 1.07. The summed E-state index contributed by atoms with van der Waals surface area (Å²) in [4.78, 5) is 18.0. The number of morpholine rings is 1. The van der Waals surface area contributed by atoms with Gasteiger partial charge in [0.25, 0.3) is 11.5 Å². The van der Waals surface area contributed by atoms with Crippen molar-refractivity contribution in [2.24, 2.45) is 0 Å². The average Bonchev–Trinajstić information content (AvgIpc) is 3.45. The molecular weight excluding hydrogens is 444 g/mol. The van der Waals surface area contributed by atoms with Gasteiger partial charge in [0.15, 0.2) is 5.82 Å². The number of nitrogens with zero attached hydrogens (tertiary/aromatic N) is 3. The smallest absolute Gasteiger partial charge is 0.296 e. The third kappa shape index (κ3) is 4.01. The molecule has 0 amide bonds. The normalized spacial score (nSPS) is 20.8. The average molecular weight is 472 g/mol. The van der Waals surface area contributed by atoms with Crippen LogP contribution in [0, 0.1) is 6.92 Å². The molecule has 5 rings (SSSR count). The van der Waals surface area contributed by atoms with Crippen molar-refractivity contribution in [2.45, 2.75) is 44.4 Å². The number of ether oxygens (including phenoxy) is 2. The summed E-state index contributed by atoms with van der Waals surface area (Å²) < 4.78 is 39.1. The predicted molar refractivity (Wildman–Crippen MR) is 125 cm³/mol. The van der Waals surface area contributed by atoms with Crippen molar-refractivity contribution in [3.63, 3.8) is 0 Å². The molecule has 2 aromatic heterocycles. The number of aryl methyl sites for hydroxylation is 1. The minimum Gasteiger partial charge on any atom is -0.378 e. The third-order valence-corrected chi connectivity index (χ3v) is 6.64.